The Balaban J connectivity index is 1.63. The molecule has 0 unspecified atom stereocenters. The molecule has 0 aromatic carbocycles. The number of fused-ring (bicyclic) bond motifs is 1. The number of hydrogen-bond donors (Lipinski definition) is 2. The first-order chi connectivity index (χ1) is 18.8. The molecule has 12 nitrogen and oxygen atoms in total. The number of aromatic nitrogens is 4. The Morgan fingerprint density at radius 3 is 2.52 bits per heavy atom. The Morgan fingerprint density at radius 1 is 1.07 bits per heavy atom. The Labute approximate surface area is 231 Å². The van der Waals surface area contributed by atoms with E-state index in [0.29, 0.717) is 57.8 Å². The average Bonchev–Trinajstić information content (AvgIpc) is 3.20. The summed E-state index contributed by atoms with van der Waals surface area (Å²) >= 11 is 0. The number of rotatable bonds is 6. The van der Waals surface area contributed by atoms with Gasteiger partial charge in [-0.1, -0.05) is 5.16 Å². The van der Waals surface area contributed by atoms with Crippen LogP contribution in [-0.4, -0.2) is 52.9 Å². The molecule has 1 amide bonds. The largest absolute Gasteiger partial charge is 0.479 e. The van der Waals surface area contributed by atoms with Crippen molar-refractivity contribution < 1.29 is 27.2 Å². The Kier molecular flexibility index (Phi) is 6.70. The molecule has 0 bridgehead atoms. The third kappa shape index (κ3) is 5.59. The first-order valence-electron chi connectivity index (χ1n) is 12.3. The standard InChI is InChI=1S/C27H28N6O6S/c1-14-25(15(2)39-33-14)17-9-23(32-24(10-17)40(6,35)36)30-20-11-22(29-16(3)34)28-12-18(20)19-7-8-21-26(31-19)37-13-27(4,5)38-21/h7-12H,13H2,1-6H3,(H2,28,29,30,32,34). The highest BCUT2D eigenvalue weighted by Gasteiger charge is 2.29. The molecule has 5 rings (SSSR count). The molecule has 0 atom stereocenters. The highest BCUT2D eigenvalue weighted by molar-refractivity contribution is 7.90. The summed E-state index contributed by atoms with van der Waals surface area (Å²) in [5.74, 6) is 1.61. The summed E-state index contributed by atoms with van der Waals surface area (Å²) in [5, 5.41) is 9.72. The minimum atomic E-state index is -3.68. The van der Waals surface area contributed by atoms with Gasteiger partial charge in [-0.3, -0.25) is 4.79 Å². The molecule has 0 fully saturated rings. The van der Waals surface area contributed by atoms with Gasteiger partial charge in [0.05, 0.1) is 17.1 Å². The lowest BCUT2D eigenvalue weighted by Gasteiger charge is -2.31. The van der Waals surface area contributed by atoms with Crippen molar-refractivity contribution in [3.8, 4) is 34.0 Å². The number of carbonyl (C=O) groups is 1. The van der Waals surface area contributed by atoms with Crippen LogP contribution in [0.5, 0.6) is 11.6 Å². The van der Waals surface area contributed by atoms with E-state index in [4.69, 9.17) is 14.0 Å². The van der Waals surface area contributed by atoms with Crippen LogP contribution in [0.15, 0.2) is 46.1 Å². The summed E-state index contributed by atoms with van der Waals surface area (Å²) in [6.45, 7) is 9.07. The fraction of sp³-hybridized carbons (Fsp3) is 0.296. The van der Waals surface area contributed by atoms with Crippen LogP contribution >= 0.6 is 0 Å². The number of ether oxygens (including phenoxy) is 2. The number of amides is 1. The van der Waals surface area contributed by atoms with Gasteiger partial charge < -0.3 is 24.6 Å². The minimum Gasteiger partial charge on any atom is -0.479 e. The molecule has 208 valence electrons. The predicted molar refractivity (Wildman–Crippen MR) is 148 cm³/mol. The van der Waals surface area contributed by atoms with Gasteiger partial charge in [-0.2, -0.15) is 0 Å². The number of carbonyl (C=O) groups excluding carboxylic acids is 1. The highest BCUT2D eigenvalue weighted by Crippen LogP contribution is 2.38. The molecule has 1 aliphatic rings. The van der Waals surface area contributed by atoms with E-state index in [-0.39, 0.29) is 22.6 Å². The van der Waals surface area contributed by atoms with E-state index in [1.807, 2.05) is 13.8 Å². The van der Waals surface area contributed by atoms with Gasteiger partial charge >= 0.3 is 0 Å². The number of nitrogens with one attached hydrogen (secondary N) is 2. The second kappa shape index (κ2) is 9.90. The van der Waals surface area contributed by atoms with E-state index in [1.165, 1.54) is 13.0 Å². The Bertz CT molecular complexity index is 1730. The van der Waals surface area contributed by atoms with Crippen molar-refractivity contribution in [2.75, 3.05) is 23.5 Å². The molecule has 13 heteroatoms. The van der Waals surface area contributed by atoms with Crippen LogP contribution in [0.4, 0.5) is 17.3 Å². The molecule has 5 heterocycles. The molecule has 2 N–H and O–H groups in total. The third-order valence-electron chi connectivity index (χ3n) is 6.02. The Morgan fingerprint density at radius 2 is 1.85 bits per heavy atom. The first-order valence-corrected chi connectivity index (χ1v) is 14.2. The van der Waals surface area contributed by atoms with Crippen molar-refractivity contribution in [2.24, 2.45) is 0 Å². The highest BCUT2D eigenvalue weighted by atomic mass is 32.2. The summed E-state index contributed by atoms with van der Waals surface area (Å²) in [4.78, 5) is 25.1. The van der Waals surface area contributed by atoms with Gasteiger partial charge in [0.1, 0.15) is 29.6 Å². The van der Waals surface area contributed by atoms with E-state index in [0.717, 1.165) is 6.26 Å². The van der Waals surface area contributed by atoms with E-state index >= 15 is 0 Å². The first kappa shape index (κ1) is 27.1. The molecule has 4 aromatic heterocycles. The normalized spacial score (nSPS) is 14.1. The molecule has 40 heavy (non-hydrogen) atoms. The van der Waals surface area contributed by atoms with Crippen LogP contribution in [0.1, 0.15) is 32.2 Å². The minimum absolute atomic E-state index is 0.134. The molecule has 0 radical (unpaired) electrons. The number of pyridine rings is 3. The number of anilines is 3. The number of hydrogen-bond acceptors (Lipinski definition) is 11. The quantitative estimate of drug-likeness (QED) is 0.340. The van der Waals surface area contributed by atoms with Crippen molar-refractivity contribution in [1.82, 2.24) is 20.1 Å². The van der Waals surface area contributed by atoms with E-state index < -0.39 is 15.4 Å². The molecular weight excluding hydrogens is 536 g/mol. The van der Waals surface area contributed by atoms with Crippen LogP contribution in [-0.2, 0) is 14.6 Å². The molecule has 0 saturated heterocycles. The Hall–Kier alpha value is -4.52. The van der Waals surface area contributed by atoms with Gasteiger partial charge in [-0.05, 0) is 57.5 Å². The van der Waals surface area contributed by atoms with Gasteiger partial charge in [0, 0.05) is 36.6 Å². The van der Waals surface area contributed by atoms with Crippen molar-refractivity contribution in [2.45, 2.75) is 45.2 Å². The van der Waals surface area contributed by atoms with Crippen LogP contribution in [0.3, 0.4) is 0 Å². The zero-order chi connectivity index (χ0) is 28.8. The summed E-state index contributed by atoms with van der Waals surface area (Å²) < 4.78 is 42.2. The number of sulfone groups is 1. The number of aryl methyl sites for hydroxylation is 2. The van der Waals surface area contributed by atoms with Gasteiger partial charge in [-0.15, -0.1) is 0 Å². The van der Waals surface area contributed by atoms with Gasteiger partial charge in [0.15, 0.2) is 20.6 Å². The van der Waals surface area contributed by atoms with E-state index in [1.54, 1.807) is 44.3 Å². The smallest absolute Gasteiger partial charge is 0.257 e. The van der Waals surface area contributed by atoms with Gasteiger partial charge in [-0.25, -0.2) is 23.4 Å². The maximum atomic E-state index is 12.6. The number of nitrogens with zero attached hydrogens (tertiary/aromatic N) is 4. The molecular formula is C27H28N6O6S. The lowest BCUT2D eigenvalue weighted by molar-refractivity contribution is -0.114. The monoisotopic (exact) mass is 564 g/mol. The van der Waals surface area contributed by atoms with E-state index in [2.05, 4.69) is 30.7 Å². The predicted octanol–water partition coefficient (Wildman–Crippen LogP) is 4.47. The fourth-order valence-corrected chi connectivity index (χ4v) is 4.88. The average molecular weight is 565 g/mol. The third-order valence-corrected chi connectivity index (χ3v) is 6.99. The molecule has 0 saturated carbocycles. The van der Waals surface area contributed by atoms with Crippen LogP contribution in [0, 0.1) is 13.8 Å². The summed E-state index contributed by atoms with van der Waals surface area (Å²) in [7, 11) is -3.68. The summed E-state index contributed by atoms with van der Waals surface area (Å²) in [5.41, 5.74) is 2.88. The topological polar surface area (TPSA) is 158 Å². The van der Waals surface area contributed by atoms with Crippen molar-refractivity contribution in [3.63, 3.8) is 0 Å². The van der Waals surface area contributed by atoms with Crippen molar-refractivity contribution in [3.05, 3.63) is 48.0 Å². The molecule has 4 aromatic rings. The summed E-state index contributed by atoms with van der Waals surface area (Å²) in [6, 6.07) is 8.32. The van der Waals surface area contributed by atoms with Crippen LogP contribution in [0.25, 0.3) is 22.4 Å². The van der Waals surface area contributed by atoms with Crippen molar-refractivity contribution >= 4 is 33.1 Å². The van der Waals surface area contributed by atoms with Gasteiger partial charge in [0.25, 0.3) is 5.88 Å². The lowest BCUT2D eigenvalue weighted by atomic mass is 10.1. The van der Waals surface area contributed by atoms with Crippen molar-refractivity contribution in [1.29, 1.82) is 0 Å². The zero-order valence-electron chi connectivity index (χ0n) is 22.8. The zero-order valence-corrected chi connectivity index (χ0v) is 23.6. The van der Waals surface area contributed by atoms with E-state index in [9.17, 15) is 13.2 Å². The summed E-state index contributed by atoms with van der Waals surface area (Å²) in [6.07, 6.45) is 2.63. The lowest BCUT2D eigenvalue weighted by Crippen LogP contribution is -2.39. The second-order valence-electron chi connectivity index (χ2n) is 10.1. The SMILES string of the molecule is CC(=O)Nc1cc(Nc2cc(-c3c(C)noc3C)cc(S(C)(=O)=O)n2)c(-c2ccc3c(n2)OCC(C)(C)O3)cn1. The molecule has 0 aliphatic carbocycles. The molecule has 0 spiro atoms. The maximum Gasteiger partial charge on any atom is 0.257 e. The fourth-order valence-electron chi connectivity index (χ4n) is 4.28. The van der Waals surface area contributed by atoms with Crippen LogP contribution < -0.4 is 20.1 Å². The van der Waals surface area contributed by atoms with Crippen LogP contribution in [0.2, 0.25) is 0 Å². The molecule has 1 aliphatic heterocycles. The van der Waals surface area contributed by atoms with Gasteiger partial charge in [0.2, 0.25) is 5.91 Å². The maximum absolute atomic E-state index is 12.6. The second-order valence-corrected chi connectivity index (χ2v) is 12.1.